The molecule has 144 valence electrons. The molecule has 0 aliphatic carbocycles. The second-order valence-electron chi connectivity index (χ2n) is 7.71. The summed E-state index contributed by atoms with van der Waals surface area (Å²) in [6.45, 7) is 1.87. The summed E-state index contributed by atoms with van der Waals surface area (Å²) in [6.07, 6.45) is 3.88. The van der Waals surface area contributed by atoms with E-state index in [4.69, 9.17) is 0 Å². The van der Waals surface area contributed by atoms with E-state index in [0.29, 0.717) is 0 Å². The molecule has 1 unspecified atom stereocenters. The summed E-state index contributed by atoms with van der Waals surface area (Å²) >= 11 is 0. The second-order valence-corrected chi connectivity index (χ2v) is 7.71. The summed E-state index contributed by atoms with van der Waals surface area (Å²) in [7, 11) is 3.75. The van der Waals surface area contributed by atoms with Crippen molar-refractivity contribution in [2.45, 2.75) is 32.4 Å². The van der Waals surface area contributed by atoms with Crippen LogP contribution in [0.2, 0.25) is 0 Å². The van der Waals surface area contributed by atoms with Gasteiger partial charge in [0.2, 0.25) is 0 Å². The number of nitrogens with zero attached hydrogens (tertiary/aromatic N) is 2. The molecule has 0 fully saturated rings. The van der Waals surface area contributed by atoms with Gasteiger partial charge in [-0.3, -0.25) is 4.79 Å². The predicted octanol–water partition coefficient (Wildman–Crippen LogP) is 3.65. The van der Waals surface area contributed by atoms with E-state index in [0.717, 1.165) is 41.6 Å². The maximum atomic E-state index is 12.2. The van der Waals surface area contributed by atoms with Crippen molar-refractivity contribution in [2.24, 2.45) is 7.05 Å². The number of aliphatic hydroxyl groups excluding tert-OH is 1. The fraction of sp³-hybridized carbons (Fsp3) is 0.292. The van der Waals surface area contributed by atoms with E-state index in [9.17, 15) is 9.90 Å². The van der Waals surface area contributed by atoms with E-state index in [1.165, 1.54) is 16.7 Å². The van der Waals surface area contributed by atoms with Crippen LogP contribution >= 0.6 is 0 Å². The van der Waals surface area contributed by atoms with Crippen LogP contribution in [0.3, 0.4) is 0 Å². The lowest BCUT2D eigenvalue weighted by molar-refractivity contribution is 0.159. The fourth-order valence-corrected chi connectivity index (χ4v) is 4.21. The monoisotopic (exact) mass is 374 g/mol. The van der Waals surface area contributed by atoms with E-state index >= 15 is 0 Å². The van der Waals surface area contributed by atoms with Crippen molar-refractivity contribution in [1.82, 2.24) is 4.57 Å². The van der Waals surface area contributed by atoms with Crippen LogP contribution in [0, 0.1) is 6.92 Å². The lowest BCUT2D eigenvalue weighted by Gasteiger charge is -2.34. The first-order chi connectivity index (χ1) is 13.5. The fourth-order valence-electron chi connectivity index (χ4n) is 4.21. The van der Waals surface area contributed by atoms with Crippen LogP contribution in [0.5, 0.6) is 0 Å². The lowest BCUT2D eigenvalue weighted by atomic mass is 9.86. The van der Waals surface area contributed by atoms with E-state index in [-0.39, 0.29) is 5.56 Å². The van der Waals surface area contributed by atoms with Crippen LogP contribution in [0.15, 0.2) is 59.5 Å². The standard InChI is InChI=1S/C24H26N2O2/c1-16-13-18(15-25(2)24(16)28)19-9-11-22-20(10-12-23(27)26(22)3)21(19)14-17-7-5-4-6-8-17/h4-9,11,13,15,23,27H,10,12,14H2,1-3H3. The molecular weight excluding hydrogens is 348 g/mol. The Morgan fingerprint density at radius 2 is 1.86 bits per heavy atom. The van der Waals surface area contributed by atoms with Crippen LogP contribution in [0.1, 0.15) is 28.7 Å². The van der Waals surface area contributed by atoms with Gasteiger partial charge in [0.15, 0.2) is 0 Å². The van der Waals surface area contributed by atoms with Gasteiger partial charge >= 0.3 is 0 Å². The zero-order valence-electron chi connectivity index (χ0n) is 16.6. The zero-order valence-corrected chi connectivity index (χ0v) is 16.6. The molecule has 4 heteroatoms. The van der Waals surface area contributed by atoms with Crippen molar-refractivity contribution in [1.29, 1.82) is 0 Å². The van der Waals surface area contributed by atoms with Gasteiger partial charge in [-0.25, -0.2) is 0 Å². The molecule has 4 rings (SSSR count). The Hall–Kier alpha value is -2.85. The quantitative estimate of drug-likeness (QED) is 0.761. The summed E-state index contributed by atoms with van der Waals surface area (Å²) < 4.78 is 1.66. The van der Waals surface area contributed by atoms with E-state index in [1.807, 2.05) is 37.2 Å². The molecule has 0 radical (unpaired) electrons. The first-order valence-corrected chi connectivity index (χ1v) is 9.73. The molecule has 1 aliphatic rings. The molecule has 0 saturated heterocycles. The van der Waals surface area contributed by atoms with E-state index in [1.54, 1.807) is 11.6 Å². The number of anilines is 1. The number of hydrogen-bond donors (Lipinski definition) is 1. The smallest absolute Gasteiger partial charge is 0.253 e. The van der Waals surface area contributed by atoms with E-state index in [2.05, 4.69) is 36.4 Å². The molecule has 1 aromatic heterocycles. The van der Waals surface area contributed by atoms with Gasteiger partial charge < -0.3 is 14.6 Å². The molecule has 2 heterocycles. The van der Waals surface area contributed by atoms with Crippen LogP contribution in [0.25, 0.3) is 11.1 Å². The molecule has 1 N–H and O–H groups in total. The number of hydrogen-bond acceptors (Lipinski definition) is 3. The number of benzene rings is 2. The molecule has 1 atom stereocenters. The van der Waals surface area contributed by atoms with Gasteiger partial charge in [-0.2, -0.15) is 0 Å². The van der Waals surface area contributed by atoms with Gasteiger partial charge in [-0.1, -0.05) is 36.4 Å². The Labute approximate surface area is 165 Å². The highest BCUT2D eigenvalue weighted by molar-refractivity contribution is 5.75. The highest BCUT2D eigenvalue weighted by atomic mass is 16.3. The predicted molar refractivity (Wildman–Crippen MR) is 114 cm³/mol. The number of pyridine rings is 1. The number of aliphatic hydroxyl groups is 1. The maximum Gasteiger partial charge on any atom is 0.253 e. The topological polar surface area (TPSA) is 45.5 Å². The largest absolute Gasteiger partial charge is 0.374 e. The van der Waals surface area contributed by atoms with Crippen molar-refractivity contribution in [3.8, 4) is 11.1 Å². The number of fused-ring (bicyclic) bond motifs is 1. The SMILES string of the molecule is Cc1cc(-c2ccc3c(c2Cc2ccccc2)CCC(O)N3C)cn(C)c1=O. The summed E-state index contributed by atoms with van der Waals surface area (Å²) in [5.74, 6) is 0. The molecule has 3 aromatic rings. The van der Waals surface area contributed by atoms with Crippen molar-refractivity contribution in [2.75, 3.05) is 11.9 Å². The van der Waals surface area contributed by atoms with Crippen molar-refractivity contribution < 1.29 is 5.11 Å². The summed E-state index contributed by atoms with van der Waals surface area (Å²) in [5.41, 5.74) is 7.92. The summed E-state index contributed by atoms with van der Waals surface area (Å²) in [4.78, 5) is 14.1. The van der Waals surface area contributed by atoms with Gasteiger partial charge in [0, 0.05) is 31.5 Å². The lowest BCUT2D eigenvalue weighted by Crippen LogP contribution is -2.36. The van der Waals surface area contributed by atoms with Crippen molar-refractivity contribution >= 4 is 5.69 Å². The van der Waals surface area contributed by atoms with Gasteiger partial charge in [0.25, 0.3) is 5.56 Å². The highest BCUT2D eigenvalue weighted by Gasteiger charge is 2.25. The number of aryl methyl sites for hydroxylation is 2. The Morgan fingerprint density at radius 1 is 1.11 bits per heavy atom. The molecule has 28 heavy (non-hydrogen) atoms. The Balaban J connectivity index is 1.92. The molecule has 0 spiro atoms. The first-order valence-electron chi connectivity index (χ1n) is 9.73. The normalized spacial score (nSPS) is 16.1. The number of rotatable bonds is 3. The third-order valence-electron chi connectivity index (χ3n) is 5.78. The summed E-state index contributed by atoms with van der Waals surface area (Å²) in [5, 5.41) is 10.3. The van der Waals surface area contributed by atoms with E-state index < -0.39 is 6.23 Å². The highest BCUT2D eigenvalue weighted by Crippen LogP contribution is 2.38. The van der Waals surface area contributed by atoms with Crippen LogP contribution in [0.4, 0.5) is 5.69 Å². The van der Waals surface area contributed by atoms with Gasteiger partial charge in [-0.05, 0) is 66.1 Å². The zero-order chi connectivity index (χ0) is 19.8. The molecule has 4 nitrogen and oxygen atoms in total. The molecule has 1 aliphatic heterocycles. The minimum atomic E-state index is -0.442. The molecule has 2 aromatic carbocycles. The first kappa shape index (κ1) is 18.5. The minimum Gasteiger partial charge on any atom is -0.374 e. The van der Waals surface area contributed by atoms with Crippen molar-refractivity contribution in [3.05, 3.63) is 87.3 Å². The third kappa shape index (κ3) is 3.25. The van der Waals surface area contributed by atoms with Gasteiger partial charge in [-0.15, -0.1) is 0 Å². The Bertz CT molecular complexity index is 1040. The average Bonchev–Trinajstić information content (AvgIpc) is 2.69. The molecular formula is C24H26N2O2. The van der Waals surface area contributed by atoms with Crippen LogP contribution in [-0.4, -0.2) is 22.9 Å². The molecule has 0 bridgehead atoms. The van der Waals surface area contributed by atoms with Gasteiger partial charge in [0.05, 0.1) is 0 Å². The maximum absolute atomic E-state index is 12.2. The second kappa shape index (κ2) is 7.28. The summed E-state index contributed by atoms with van der Waals surface area (Å²) in [6, 6.07) is 16.7. The molecule has 0 saturated carbocycles. The average molecular weight is 374 g/mol. The number of aromatic nitrogens is 1. The minimum absolute atomic E-state index is 0.0363. The molecule has 0 amide bonds. The van der Waals surface area contributed by atoms with Gasteiger partial charge in [0.1, 0.15) is 6.23 Å². The van der Waals surface area contributed by atoms with Crippen LogP contribution in [-0.2, 0) is 19.9 Å². The van der Waals surface area contributed by atoms with Crippen molar-refractivity contribution in [3.63, 3.8) is 0 Å². The Morgan fingerprint density at radius 3 is 2.57 bits per heavy atom. The third-order valence-corrected chi connectivity index (χ3v) is 5.78. The Kier molecular flexibility index (Phi) is 4.82. The van der Waals surface area contributed by atoms with Crippen LogP contribution < -0.4 is 10.5 Å².